The molecule has 0 heterocycles. The molecule has 0 aliphatic rings. The molecule has 13 heavy (non-hydrogen) atoms. The number of hydrogen-bond donors (Lipinski definition) is 1. The Balaban J connectivity index is 4.02. The molecule has 0 aromatic heterocycles. The van der Waals surface area contributed by atoms with Crippen molar-refractivity contribution in [2.24, 2.45) is 5.41 Å². The van der Waals surface area contributed by atoms with Crippen molar-refractivity contribution in [3.63, 3.8) is 0 Å². The highest BCUT2D eigenvalue weighted by Crippen LogP contribution is 2.26. The Morgan fingerprint density at radius 2 is 1.85 bits per heavy atom. The van der Waals surface area contributed by atoms with E-state index in [-0.39, 0.29) is 11.3 Å². The second-order valence-electron chi connectivity index (χ2n) is 3.47. The summed E-state index contributed by atoms with van der Waals surface area (Å²) in [5.74, 6) is 0.723. The van der Waals surface area contributed by atoms with Crippen molar-refractivity contribution in [3.8, 4) is 0 Å². The monoisotopic (exact) mass is 205 g/mol. The van der Waals surface area contributed by atoms with Gasteiger partial charge in [0.05, 0.1) is 0 Å². The molecule has 0 bridgehead atoms. The van der Waals surface area contributed by atoms with Gasteiger partial charge >= 0.3 is 0 Å². The average Bonchev–Trinajstić information content (AvgIpc) is 2.20. The predicted molar refractivity (Wildman–Crippen MR) is 57.0 cm³/mol. The fraction of sp³-hybridized carbons (Fsp3) is 0.900. The first-order valence-corrected chi connectivity index (χ1v) is 5.50. The van der Waals surface area contributed by atoms with Crippen LogP contribution in [0.4, 0.5) is 0 Å². The van der Waals surface area contributed by atoms with E-state index in [0.717, 1.165) is 12.8 Å². The summed E-state index contributed by atoms with van der Waals surface area (Å²) in [5.41, 5.74) is 0.0897. The van der Waals surface area contributed by atoms with Crippen LogP contribution in [0.15, 0.2) is 0 Å². The third-order valence-electron chi connectivity index (χ3n) is 2.77. The van der Waals surface area contributed by atoms with Crippen molar-refractivity contribution < 1.29 is 4.79 Å². The summed E-state index contributed by atoms with van der Waals surface area (Å²) in [5, 5.41) is 2.90. The van der Waals surface area contributed by atoms with Gasteiger partial charge in [-0.2, -0.15) is 0 Å². The Labute approximate surface area is 86.0 Å². The van der Waals surface area contributed by atoms with E-state index in [4.69, 9.17) is 11.6 Å². The van der Waals surface area contributed by atoms with Gasteiger partial charge in [-0.05, 0) is 12.8 Å². The molecule has 0 rings (SSSR count). The van der Waals surface area contributed by atoms with Crippen molar-refractivity contribution in [1.29, 1.82) is 0 Å². The first-order valence-electron chi connectivity index (χ1n) is 4.96. The summed E-state index contributed by atoms with van der Waals surface area (Å²) in [6.07, 6.45) is 2.57. The Kier molecular flexibility index (Phi) is 6.13. The van der Waals surface area contributed by atoms with E-state index in [2.05, 4.69) is 19.2 Å². The van der Waals surface area contributed by atoms with E-state index in [0.29, 0.717) is 18.8 Å². The normalized spacial score (nSPS) is 11.4. The number of nitrogens with one attached hydrogen (secondary N) is 1. The Hall–Kier alpha value is -0.240. The van der Waals surface area contributed by atoms with Crippen LogP contribution in [0.3, 0.4) is 0 Å². The summed E-state index contributed by atoms with van der Waals surface area (Å²) in [6, 6.07) is 0. The van der Waals surface area contributed by atoms with Gasteiger partial charge in [0.15, 0.2) is 0 Å². The standard InChI is InChI=1S/C10H20ClNO/c1-4-9(13)12-8-10(5-2,6-3)7-11/h4-8H2,1-3H3,(H,12,13). The number of rotatable bonds is 6. The van der Waals surface area contributed by atoms with Gasteiger partial charge in [0.1, 0.15) is 0 Å². The zero-order chi connectivity index (χ0) is 10.3. The number of alkyl halides is 1. The minimum absolute atomic E-state index is 0.0897. The second-order valence-corrected chi connectivity index (χ2v) is 3.74. The number of carbonyl (C=O) groups is 1. The van der Waals surface area contributed by atoms with E-state index < -0.39 is 0 Å². The van der Waals surface area contributed by atoms with Crippen LogP contribution in [0.2, 0.25) is 0 Å². The molecule has 0 spiro atoms. The van der Waals surface area contributed by atoms with Crippen LogP contribution in [-0.2, 0) is 4.79 Å². The third-order valence-corrected chi connectivity index (χ3v) is 3.33. The highest BCUT2D eigenvalue weighted by Gasteiger charge is 2.25. The van der Waals surface area contributed by atoms with Crippen molar-refractivity contribution >= 4 is 17.5 Å². The smallest absolute Gasteiger partial charge is 0.219 e. The van der Waals surface area contributed by atoms with Gasteiger partial charge in [-0.25, -0.2) is 0 Å². The molecule has 0 atom stereocenters. The van der Waals surface area contributed by atoms with Crippen molar-refractivity contribution in [2.45, 2.75) is 40.0 Å². The number of halogens is 1. The largest absolute Gasteiger partial charge is 0.356 e. The van der Waals surface area contributed by atoms with Gasteiger partial charge in [0.2, 0.25) is 5.91 Å². The minimum Gasteiger partial charge on any atom is -0.356 e. The maximum absolute atomic E-state index is 11.1. The zero-order valence-electron chi connectivity index (χ0n) is 8.82. The van der Waals surface area contributed by atoms with Crippen LogP contribution in [0.25, 0.3) is 0 Å². The highest BCUT2D eigenvalue weighted by atomic mass is 35.5. The minimum atomic E-state index is 0.0897. The molecular weight excluding hydrogens is 186 g/mol. The lowest BCUT2D eigenvalue weighted by Gasteiger charge is -2.29. The lowest BCUT2D eigenvalue weighted by atomic mass is 9.84. The number of hydrogen-bond acceptors (Lipinski definition) is 1. The lowest BCUT2D eigenvalue weighted by molar-refractivity contribution is -0.121. The van der Waals surface area contributed by atoms with Gasteiger partial charge < -0.3 is 5.32 Å². The number of amides is 1. The van der Waals surface area contributed by atoms with Gasteiger partial charge in [-0.15, -0.1) is 11.6 Å². The van der Waals surface area contributed by atoms with Gasteiger partial charge in [0, 0.05) is 24.3 Å². The van der Waals surface area contributed by atoms with E-state index in [1.807, 2.05) is 6.92 Å². The van der Waals surface area contributed by atoms with Crippen LogP contribution in [0.1, 0.15) is 40.0 Å². The first kappa shape index (κ1) is 12.8. The van der Waals surface area contributed by atoms with Gasteiger partial charge in [-0.1, -0.05) is 20.8 Å². The molecule has 1 amide bonds. The van der Waals surface area contributed by atoms with E-state index in [9.17, 15) is 4.79 Å². The fourth-order valence-electron chi connectivity index (χ4n) is 1.15. The van der Waals surface area contributed by atoms with Crippen molar-refractivity contribution in [1.82, 2.24) is 5.32 Å². The summed E-state index contributed by atoms with van der Waals surface area (Å²) in [4.78, 5) is 11.1. The van der Waals surface area contributed by atoms with Crippen LogP contribution < -0.4 is 5.32 Å². The molecule has 0 saturated heterocycles. The maximum atomic E-state index is 11.1. The molecule has 0 saturated carbocycles. The number of carbonyl (C=O) groups excluding carboxylic acids is 1. The maximum Gasteiger partial charge on any atom is 0.219 e. The molecule has 0 aliphatic carbocycles. The second kappa shape index (κ2) is 6.25. The molecule has 0 aromatic rings. The highest BCUT2D eigenvalue weighted by molar-refractivity contribution is 6.18. The van der Waals surface area contributed by atoms with Crippen LogP contribution in [-0.4, -0.2) is 18.3 Å². The Bertz CT molecular complexity index is 147. The van der Waals surface area contributed by atoms with E-state index >= 15 is 0 Å². The van der Waals surface area contributed by atoms with Gasteiger partial charge in [-0.3, -0.25) is 4.79 Å². The molecule has 3 heteroatoms. The molecule has 0 unspecified atom stereocenters. The van der Waals surface area contributed by atoms with E-state index in [1.165, 1.54) is 0 Å². The quantitative estimate of drug-likeness (QED) is 0.664. The van der Waals surface area contributed by atoms with Crippen LogP contribution in [0, 0.1) is 5.41 Å². The topological polar surface area (TPSA) is 29.1 Å². The first-order chi connectivity index (χ1) is 6.14. The molecule has 1 N–H and O–H groups in total. The Morgan fingerprint density at radius 1 is 1.31 bits per heavy atom. The summed E-state index contributed by atoms with van der Waals surface area (Å²) >= 11 is 5.90. The zero-order valence-corrected chi connectivity index (χ0v) is 9.58. The third kappa shape index (κ3) is 3.99. The van der Waals surface area contributed by atoms with Crippen LogP contribution in [0.5, 0.6) is 0 Å². The summed E-state index contributed by atoms with van der Waals surface area (Å²) in [6.45, 7) is 6.79. The summed E-state index contributed by atoms with van der Waals surface area (Å²) in [7, 11) is 0. The van der Waals surface area contributed by atoms with Gasteiger partial charge in [0.25, 0.3) is 0 Å². The Morgan fingerprint density at radius 3 is 2.15 bits per heavy atom. The molecule has 0 fully saturated rings. The predicted octanol–water partition coefficient (Wildman–Crippen LogP) is 2.56. The molecule has 78 valence electrons. The molecule has 0 aliphatic heterocycles. The molecule has 0 radical (unpaired) electrons. The molecule has 2 nitrogen and oxygen atoms in total. The molecular formula is C10H20ClNO. The SMILES string of the molecule is CCC(=O)NCC(CC)(CC)CCl. The van der Waals surface area contributed by atoms with Crippen molar-refractivity contribution in [3.05, 3.63) is 0 Å². The average molecular weight is 206 g/mol. The van der Waals surface area contributed by atoms with E-state index in [1.54, 1.807) is 0 Å². The summed E-state index contributed by atoms with van der Waals surface area (Å²) < 4.78 is 0. The molecule has 0 aromatic carbocycles. The lowest BCUT2D eigenvalue weighted by Crippen LogP contribution is -2.37. The van der Waals surface area contributed by atoms with Crippen molar-refractivity contribution in [2.75, 3.05) is 12.4 Å². The van der Waals surface area contributed by atoms with Crippen LogP contribution >= 0.6 is 11.6 Å². The fourth-order valence-corrected chi connectivity index (χ4v) is 1.62.